The van der Waals surface area contributed by atoms with E-state index in [0.717, 1.165) is 5.52 Å². The van der Waals surface area contributed by atoms with Crippen LogP contribution in [-0.2, 0) is 7.05 Å². The molecule has 2 aromatic heterocycles. The van der Waals surface area contributed by atoms with Gasteiger partial charge < -0.3 is 0 Å². The highest BCUT2D eigenvalue weighted by molar-refractivity contribution is 7.17. The number of benzene rings is 1. The van der Waals surface area contributed by atoms with E-state index in [-0.39, 0.29) is 0 Å². The van der Waals surface area contributed by atoms with Gasteiger partial charge in [0.15, 0.2) is 0 Å². The topological polar surface area (TPSA) is 16.8 Å². The molecule has 0 fully saturated rings. The fourth-order valence-corrected chi connectivity index (χ4v) is 3.92. The van der Waals surface area contributed by atoms with Crippen LogP contribution >= 0.6 is 11.3 Å². The zero-order valence-electron chi connectivity index (χ0n) is 14.2. The molecular weight excluding hydrogens is 288 g/mol. The first-order valence-corrected chi connectivity index (χ1v) is 8.58. The van der Waals surface area contributed by atoms with Crippen LogP contribution in [-0.4, -0.2) is 4.98 Å². The van der Waals surface area contributed by atoms with E-state index in [4.69, 9.17) is 4.98 Å². The number of nitrogens with zero attached hydrogens (tertiary/aromatic N) is 2. The maximum absolute atomic E-state index is 4.76. The summed E-state index contributed by atoms with van der Waals surface area (Å²) >= 11 is 1.81. The van der Waals surface area contributed by atoms with E-state index in [2.05, 4.69) is 70.5 Å². The molecule has 0 aliphatic rings. The van der Waals surface area contributed by atoms with Crippen molar-refractivity contribution in [3.05, 3.63) is 46.0 Å². The van der Waals surface area contributed by atoms with Crippen molar-refractivity contribution in [3.8, 4) is 11.3 Å². The molecule has 0 saturated carbocycles. The molecule has 0 unspecified atom stereocenters. The van der Waals surface area contributed by atoms with Gasteiger partial charge in [0.2, 0.25) is 5.69 Å². The minimum absolute atomic E-state index is 0.476. The van der Waals surface area contributed by atoms with Gasteiger partial charge in [-0.25, -0.2) is 4.98 Å². The van der Waals surface area contributed by atoms with Gasteiger partial charge in [0.1, 0.15) is 17.6 Å². The summed E-state index contributed by atoms with van der Waals surface area (Å²) in [5, 5.41) is 1.21. The van der Waals surface area contributed by atoms with Crippen LogP contribution in [0.4, 0.5) is 0 Å². The van der Waals surface area contributed by atoms with Crippen LogP contribution in [0.3, 0.4) is 0 Å². The summed E-state index contributed by atoms with van der Waals surface area (Å²) in [6.07, 6.45) is 0. The van der Waals surface area contributed by atoms with Gasteiger partial charge in [-0.2, -0.15) is 4.57 Å². The van der Waals surface area contributed by atoms with Crippen LogP contribution in [0.5, 0.6) is 0 Å². The Bertz CT molecular complexity index is 859. The maximum atomic E-state index is 4.76. The first-order valence-electron chi connectivity index (χ1n) is 7.76. The largest absolute Gasteiger partial charge is 0.289 e. The third-order valence-corrected chi connectivity index (χ3v) is 5.75. The molecule has 0 amide bonds. The summed E-state index contributed by atoms with van der Waals surface area (Å²) in [6.45, 7) is 11.0. The number of aromatic nitrogens is 2. The summed E-state index contributed by atoms with van der Waals surface area (Å²) < 4.78 is 2.29. The van der Waals surface area contributed by atoms with Gasteiger partial charge in [0, 0.05) is 17.5 Å². The second-order valence-corrected chi connectivity index (χ2v) is 7.44. The van der Waals surface area contributed by atoms with Gasteiger partial charge in [0.25, 0.3) is 4.83 Å². The van der Waals surface area contributed by atoms with Crippen LogP contribution in [0.1, 0.15) is 41.5 Å². The quantitative estimate of drug-likeness (QED) is 0.619. The van der Waals surface area contributed by atoms with E-state index < -0.39 is 0 Å². The maximum Gasteiger partial charge on any atom is 0.289 e. The summed E-state index contributed by atoms with van der Waals surface area (Å²) in [5.41, 5.74) is 7.70. The van der Waals surface area contributed by atoms with Crippen molar-refractivity contribution in [1.82, 2.24) is 4.98 Å². The third kappa shape index (κ3) is 2.44. The zero-order valence-corrected chi connectivity index (χ0v) is 15.0. The molecule has 3 aromatic rings. The Morgan fingerprint density at radius 1 is 1.09 bits per heavy atom. The molecule has 0 saturated heterocycles. The van der Waals surface area contributed by atoms with Gasteiger partial charge in [-0.3, -0.25) is 0 Å². The molecule has 0 N–H and O–H groups in total. The second kappa shape index (κ2) is 5.47. The minimum atomic E-state index is 0.476. The van der Waals surface area contributed by atoms with E-state index in [0.29, 0.717) is 5.92 Å². The highest BCUT2D eigenvalue weighted by Gasteiger charge is 2.20. The molecule has 22 heavy (non-hydrogen) atoms. The van der Waals surface area contributed by atoms with Crippen LogP contribution in [0, 0.1) is 20.8 Å². The molecule has 0 aliphatic heterocycles. The third-order valence-electron chi connectivity index (χ3n) is 4.30. The van der Waals surface area contributed by atoms with Crippen molar-refractivity contribution >= 4 is 21.7 Å². The SMILES string of the molecule is Cc1cc(C)c(C)c(-c2ccc3nc(C(C)C)sc3[n+]2C)c1. The van der Waals surface area contributed by atoms with Crippen LogP contribution in [0.25, 0.3) is 21.6 Å². The van der Waals surface area contributed by atoms with Crippen molar-refractivity contribution in [2.24, 2.45) is 7.05 Å². The summed E-state index contributed by atoms with van der Waals surface area (Å²) in [7, 11) is 2.15. The van der Waals surface area contributed by atoms with Gasteiger partial charge in [0.05, 0.1) is 0 Å². The number of hydrogen-bond donors (Lipinski definition) is 0. The van der Waals surface area contributed by atoms with Gasteiger partial charge in [-0.1, -0.05) is 36.8 Å². The molecular formula is C19H23N2S+. The smallest absolute Gasteiger partial charge is 0.234 e. The van der Waals surface area contributed by atoms with Crippen molar-refractivity contribution < 1.29 is 4.57 Å². The molecule has 3 heteroatoms. The Hall–Kier alpha value is -1.74. The number of thiazole rings is 1. The molecule has 2 nitrogen and oxygen atoms in total. The van der Waals surface area contributed by atoms with E-state index >= 15 is 0 Å². The van der Waals surface area contributed by atoms with E-state index in [1.165, 1.54) is 37.8 Å². The fourth-order valence-electron chi connectivity index (χ4n) is 2.89. The summed E-state index contributed by atoms with van der Waals surface area (Å²) in [4.78, 5) is 6.01. The lowest BCUT2D eigenvalue weighted by Gasteiger charge is -2.09. The van der Waals surface area contributed by atoms with Crippen molar-refractivity contribution in [3.63, 3.8) is 0 Å². The second-order valence-electron chi connectivity index (χ2n) is 6.43. The molecule has 1 aromatic carbocycles. The van der Waals surface area contributed by atoms with Crippen molar-refractivity contribution in [1.29, 1.82) is 0 Å². The molecule has 114 valence electrons. The van der Waals surface area contributed by atoms with Gasteiger partial charge in [-0.05, 0) is 44.0 Å². The Balaban J connectivity index is 2.26. The lowest BCUT2D eigenvalue weighted by molar-refractivity contribution is -0.631. The molecule has 0 spiro atoms. The van der Waals surface area contributed by atoms with Gasteiger partial charge >= 0.3 is 0 Å². The first-order chi connectivity index (χ1) is 10.4. The summed E-state index contributed by atoms with van der Waals surface area (Å²) in [5.74, 6) is 0.476. The first kappa shape index (κ1) is 15.2. The average Bonchev–Trinajstić information content (AvgIpc) is 2.89. The summed E-state index contributed by atoms with van der Waals surface area (Å²) in [6, 6.07) is 8.90. The monoisotopic (exact) mass is 311 g/mol. The van der Waals surface area contributed by atoms with Crippen LogP contribution < -0.4 is 4.57 Å². The molecule has 0 bridgehead atoms. The van der Waals surface area contributed by atoms with E-state index in [1.807, 2.05) is 0 Å². The Labute approximate surface area is 136 Å². The standard InChI is InChI=1S/C19H23N2S/c1-11(2)18-20-16-7-8-17(21(6)19(16)22-18)15-10-12(3)9-13(4)14(15)5/h7-11H,1-6H3/q+1. The highest BCUT2D eigenvalue weighted by Crippen LogP contribution is 2.29. The number of rotatable bonds is 2. The number of fused-ring (bicyclic) bond motifs is 1. The minimum Gasteiger partial charge on any atom is -0.234 e. The average molecular weight is 311 g/mol. The fraction of sp³-hybridized carbons (Fsp3) is 0.368. The molecule has 0 radical (unpaired) electrons. The molecule has 2 heterocycles. The Kier molecular flexibility index (Phi) is 3.77. The normalized spacial score (nSPS) is 11.6. The zero-order chi connectivity index (χ0) is 16.0. The number of aryl methyl sites for hydroxylation is 3. The number of hydrogen-bond acceptors (Lipinski definition) is 2. The van der Waals surface area contributed by atoms with Crippen LogP contribution in [0.2, 0.25) is 0 Å². The molecule has 0 atom stereocenters. The lowest BCUT2D eigenvalue weighted by Crippen LogP contribution is -2.31. The van der Waals surface area contributed by atoms with Gasteiger partial charge in [-0.15, -0.1) is 0 Å². The van der Waals surface area contributed by atoms with E-state index in [1.54, 1.807) is 11.3 Å². The predicted octanol–water partition coefficient (Wildman–Crippen LogP) is 4.84. The Morgan fingerprint density at radius 3 is 2.50 bits per heavy atom. The van der Waals surface area contributed by atoms with Crippen LogP contribution in [0.15, 0.2) is 24.3 Å². The van der Waals surface area contributed by atoms with E-state index in [9.17, 15) is 0 Å². The van der Waals surface area contributed by atoms with Crippen molar-refractivity contribution in [2.75, 3.05) is 0 Å². The predicted molar refractivity (Wildman–Crippen MR) is 94.5 cm³/mol. The highest BCUT2D eigenvalue weighted by atomic mass is 32.1. The Morgan fingerprint density at radius 2 is 1.82 bits per heavy atom. The number of pyridine rings is 1. The van der Waals surface area contributed by atoms with Crippen molar-refractivity contribution in [2.45, 2.75) is 40.5 Å². The lowest BCUT2D eigenvalue weighted by atomic mass is 9.97. The molecule has 3 rings (SSSR count). The molecule has 0 aliphatic carbocycles.